The monoisotopic (exact) mass is 448 g/mol. The van der Waals surface area contributed by atoms with E-state index in [9.17, 15) is 4.79 Å². The molecule has 1 unspecified atom stereocenters. The number of nitrogens with zero attached hydrogens (tertiary/aromatic N) is 3. The van der Waals surface area contributed by atoms with Crippen molar-refractivity contribution in [3.05, 3.63) is 60.2 Å². The summed E-state index contributed by atoms with van der Waals surface area (Å²) in [5, 5.41) is 3.17. The third-order valence-corrected chi connectivity index (χ3v) is 7.84. The van der Waals surface area contributed by atoms with Gasteiger partial charge in [-0.1, -0.05) is 30.3 Å². The molecule has 4 aliphatic heterocycles. The number of fused-ring (bicyclic) bond motifs is 3. The molecule has 0 spiro atoms. The van der Waals surface area contributed by atoms with Crippen molar-refractivity contribution in [3.8, 4) is 5.75 Å². The number of piperazine rings is 1. The summed E-state index contributed by atoms with van der Waals surface area (Å²) in [5.74, 6) is 2.54. The van der Waals surface area contributed by atoms with E-state index in [4.69, 9.17) is 4.74 Å². The predicted octanol–water partition coefficient (Wildman–Crippen LogP) is 2.96. The Morgan fingerprint density at radius 1 is 1.00 bits per heavy atom. The Labute approximate surface area is 197 Å². The Morgan fingerprint density at radius 2 is 1.76 bits per heavy atom. The van der Waals surface area contributed by atoms with Gasteiger partial charge in [-0.05, 0) is 55.5 Å². The van der Waals surface area contributed by atoms with Crippen molar-refractivity contribution in [2.45, 2.75) is 18.9 Å². The number of carbonyl (C=O) groups excluding carboxylic acids is 1. The van der Waals surface area contributed by atoms with Crippen LogP contribution < -0.4 is 15.0 Å². The molecule has 4 saturated heterocycles. The molecule has 1 amide bonds. The first-order valence-electron chi connectivity index (χ1n) is 12.4. The largest absolute Gasteiger partial charge is 0.495 e. The molecule has 0 radical (unpaired) electrons. The second-order valence-electron chi connectivity index (χ2n) is 9.73. The normalized spacial score (nSPS) is 27.4. The summed E-state index contributed by atoms with van der Waals surface area (Å²) in [7, 11) is 1.75. The van der Waals surface area contributed by atoms with E-state index in [1.807, 2.05) is 42.5 Å². The van der Waals surface area contributed by atoms with Gasteiger partial charge in [0, 0.05) is 57.4 Å². The number of ether oxygens (including phenoxy) is 1. The van der Waals surface area contributed by atoms with Crippen LogP contribution in [0.1, 0.15) is 23.2 Å². The SMILES string of the molecule is COc1ccccc1N1CCN(C[C@H]2CN3CC[C@H]2C[C@@H]3CNC(=O)c2ccccc2)CC1. The second kappa shape index (κ2) is 10.1. The predicted molar refractivity (Wildman–Crippen MR) is 132 cm³/mol. The summed E-state index contributed by atoms with van der Waals surface area (Å²) >= 11 is 0. The Morgan fingerprint density at radius 3 is 2.48 bits per heavy atom. The maximum atomic E-state index is 12.4. The minimum Gasteiger partial charge on any atom is -0.495 e. The van der Waals surface area contributed by atoms with E-state index in [0.717, 1.165) is 55.9 Å². The van der Waals surface area contributed by atoms with Crippen molar-refractivity contribution in [1.29, 1.82) is 0 Å². The number of rotatable bonds is 7. The number of nitrogens with one attached hydrogen (secondary N) is 1. The van der Waals surface area contributed by atoms with Gasteiger partial charge >= 0.3 is 0 Å². The van der Waals surface area contributed by atoms with Crippen LogP contribution in [-0.4, -0.2) is 81.2 Å². The van der Waals surface area contributed by atoms with E-state index in [2.05, 4.69) is 32.1 Å². The molecule has 4 fully saturated rings. The highest BCUT2D eigenvalue weighted by Gasteiger charge is 2.40. The average Bonchev–Trinajstić information content (AvgIpc) is 2.89. The molecule has 2 aromatic carbocycles. The zero-order chi connectivity index (χ0) is 22.6. The Bertz CT molecular complexity index is 929. The number of piperidine rings is 3. The fourth-order valence-electron chi connectivity index (χ4n) is 5.96. The minimum absolute atomic E-state index is 0.0442. The van der Waals surface area contributed by atoms with Crippen molar-refractivity contribution in [2.75, 3.05) is 64.4 Å². The van der Waals surface area contributed by atoms with Gasteiger partial charge in [0.15, 0.2) is 0 Å². The zero-order valence-electron chi connectivity index (χ0n) is 19.7. The Hall–Kier alpha value is -2.57. The van der Waals surface area contributed by atoms with E-state index in [1.54, 1.807) is 7.11 Å². The Balaban J connectivity index is 1.09. The maximum Gasteiger partial charge on any atom is 0.251 e. The molecule has 2 aromatic rings. The van der Waals surface area contributed by atoms with Gasteiger partial charge in [0.25, 0.3) is 5.91 Å². The van der Waals surface area contributed by atoms with Crippen LogP contribution in [0.4, 0.5) is 5.69 Å². The molecule has 1 N–H and O–H groups in total. The summed E-state index contributed by atoms with van der Waals surface area (Å²) in [6.07, 6.45) is 2.51. The lowest BCUT2D eigenvalue weighted by Crippen LogP contribution is -2.59. The lowest BCUT2D eigenvalue weighted by molar-refractivity contribution is -0.0120. The second-order valence-corrected chi connectivity index (χ2v) is 9.73. The number of hydrogen-bond donors (Lipinski definition) is 1. The summed E-state index contributed by atoms with van der Waals surface area (Å²) in [5.41, 5.74) is 1.96. The molecule has 4 aliphatic rings. The molecular formula is C27H36N4O2. The molecular weight excluding hydrogens is 412 g/mol. The standard InChI is InChI=1S/C27H36N4O2/c1-33-26-10-6-5-9-25(26)30-15-13-29(14-16-30)19-23-20-31-12-11-22(23)17-24(31)18-28-27(32)21-7-3-2-4-8-21/h2-10,22-24H,11-20H2,1H3,(H,28,32)/t22-,23-,24+/m0/s1. The minimum atomic E-state index is 0.0442. The molecule has 6 rings (SSSR count). The number of methoxy groups -OCH3 is 1. The molecule has 0 aromatic heterocycles. The summed E-state index contributed by atoms with van der Waals surface area (Å²) in [6, 6.07) is 18.4. The molecule has 6 heteroatoms. The third kappa shape index (κ3) is 5.02. The van der Waals surface area contributed by atoms with Gasteiger partial charge in [-0.2, -0.15) is 0 Å². The van der Waals surface area contributed by atoms with Crippen molar-refractivity contribution in [2.24, 2.45) is 11.8 Å². The van der Waals surface area contributed by atoms with Gasteiger partial charge in [0.05, 0.1) is 12.8 Å². The van der Waals surface area contributed by atoms with E-state index in [0.29, 0.717) is 6.04 Å². The van der Waals surface area contributed by atoms with Crippen LogP contribution in [0.5, 0.6) is 5.75 Å². The molecule has 2 bridgehead atoms. The van der Waals surface area contributed by atoms with E-state index in [-0.39, 0.29) is 5.91 Å². The molecule has 176 valence electrons. The van der Waals surface area contributed by atoms with Crippen LogP contribution >= 0.6 is 0 Å². The molecule has 33 heavy (non-hydrogen) atoms. The molecule has 0 aliphatic carbocycles. The van der Waals surface area contributed by atoms with Gasteiger partial charge in [0.1, 0.15) is 5.75 Å². The first kappa shape index (κ1) is 22.2. The molecule has 4 atom stereocenters. The number of hydrogen-bond acceptors (Lipinski definition) is 5. The highest BCUT2D eigenvalue weighted by Crippen LogP contribution is 2.37. The van der Waals surface area contributed by atoms with E-state index < -0.39 is 0 Å². The van der Waals surface area contributed by atoms with Crippen molar-refractivity contribution < 1.29 is 9.53 Å². The average molecular weight is 449 g/mol. The lowest BCUT2D eigenvalue weighted by atomic mass is 9.75. The number of carbonyl (C=O) groups is 1. The lowest BCUT2D eigenvalue weighted by Gasteiger charge is -2.51. The van der Waals surface area contributed by atoms with Crippen LogP contribution in [0.25, 0.3) is 0 Å². The summed E-state index contributed by atoms with van der Waals surface area (Å²) < 4.78 is 5.56. The first-order chi connectivity index (χ1) is 16.2. The fourth-order valence-corrected chi connectivity index (χ4v) is 5.96. The number of para-hydroxylation sites is 2. The molecule has 6 nitrogen and oxygen atoms in total. The van der Waals surface area contributed by atoms with Gasteiger partial charge in [0.2, 0.25) is 0 Å². The van der Waals surface area contributed by atoms with Crippen molar-refractivity contribution >= 4 is 11.6 Å². The van der Waals surface area contributed by atoms with Crippen molar-refractivity contribution in [3.63, 3.8) is 0 Å². The summed E-state index contributed by atoms with van der Waals surface area (Å²) in [6.45, 7) is 8.62. The molecule has 0 saturated carbocycles. The fraction of sp³-hybridized carbons (Fsp3) is 0.519. The zero-order valence-corrected chi connectivity index (χ0v) is 19.7. The van der Waals surface area contributed by atoms with E-state index in [1.165, 1.54) is 38.2 Å². The quantitative estimate of drug-likeness (QED) is 0.706. The van der Waals surface area contributed by atoms with Crippen LogP contribution in [0.15, 0.2) is 54.6 Å². The van der Waals surface area contributed by atoms with Crippen LogP contribution in [0.3, 0.4) is 0 Å². The first-order valence-corrected chi connectivity index (χ1v) is 12.4. The number of anilines is 1. The maximum absolute atomic E-state index is 12.4. The molecule has 4 heterocycles. The highest BCUT2D eigenvalue weighted by molar-refractivity contribution is 5.94. The van der Waals surface area contributed by atoms with Crippen molar-refractivity contribution in [1.82, 2.24) is 15.1 Å². The van der Waals surface area contributed by atoms with Gasteiger partial charge in [-0.15, -0.1) is 0 Å². The highest BCUT2D eigenvalue weighted by atomic mass is 16.5. The van der Waals surface area contributed by atoms with Crippen LogP contribution in [0.2, 0.25) is 0 Å². The van der Waals surface area contributed by atoms with Gasteiger partial charge < -0.3 is 15.0 Å². The van der Waals surface area contributed by atoms with Gasteiger partial charge in [-0.3, -0.25) is 14.6 Å². The third-order valence-electron chi connectivity index (χ3n) is 7.84. The van der Waals surface area contributed by atoms with E-state index >= 15 is 0 Å². The smallest absolute Gasteiger partial charge is 0.251 e. The number of benzene rings is 2. The topological polar surface area (TPSA) is 48.1 Å². The Kier molecular flexibility index (Phi) is 6.83. The van der Waals surface area contributed by atoms with Crippen LogP contribution in [-0.2, 0) is 0 Å². The summed E-state index contributed by atoms with van der Waals surface area (Å²) in [4.78, 5) is 20.2. The number of amides is 1. The van der Waals surface area contributed by atoms with Gasteiger partial charge in [-0.25, -0.2) is 0 Å². The van der Waals surface area contributed by atoms with Crippen LogP contribution in [0, 0.1) is 11.8 Å².